The molecule has 0 saturated heterocycles. The highest BCUT2D eigenvalue weighted by molar-refractivity contribution is 5.75. The number of amides is 2. The van der Waals surface area contributed by atoms with Gasteiger partial charge in [-0.2, -0.15) is 0 Å². The number of carbonyl (C=O) groups excluding carboxylic acids is 1. The van der Waals surface area contributed by atoms with Gasteiger partial charge in [-0.05, 0) is 19.8 Å². The predicted molar refractivity (Wildman–Crippen MR) is 67.0 cm³/mol. The van der Waals surface area contributed by atoms with Crippen LogP contribution >= 0.6 is 0 Å². The van der Waals surface area contributed by atoms with Gasteiger partial charge in [-0.25, -0.2) is 4.79 Å². The van der Waals surface area contributed by atoms with E-state index >= 15 is 0 Å². The van der Waals surface area contributed by atoms with Crippen LogP contribution in [-0.2, 0) is 4.79 Å². The van der Waals surface area contributed by atoms with Crippen LogP contribution in [0.3, 0.4) is 0 Å². The largest absolute Gasteiger partial charge is 0.481 e. The standard InChI is InChI=1S/C12H24N2O3/c1-5-13(8-7-11(15)16)12(17)14(6-2)9-10(3)4/h10H,5-9H2,1-4H3,(H,15,16). The first-order valence-electron chi connectivity index (χ1n) is 6.17. The maximum Gasteiger partial charge on any atom is 0.320 e. The highest BCUT2D eigenvalue weighted by Crippen LogP contribution is 2.04. The van der Waals surface area contributed by atoms with E-state index in [2.05, 4.69) is 13.8 Å². The van der Waals surface area contributed by atoms with Crippen molar-refractivity contribution in [2.24, 2.45) is 5.92 Å². The summed E-state index contributed by atoms with van der Waals surface area (Å²) in [6, 6.07) is -0.0649. The van der Waals surface area contributed by atoms with Crippen molar-refractivity contribution in [3.63, 3.8) is 0 Å². The molecule has 0 aliphatic heterocycles. The van der Waals surface area contributed by atoms with Crippen molar-refractivity contribution in [3.05, 3.63) is 0 Å². The van der Waals surface area contributed by atoms with Gasteiger partial charge < -0.3 is 14.9 Å². The molecule has 0 aliphatic rings. The van der Waals surface area contributed by atoms with Gasteiger partial charge in [0.2, 0.25) is 0 Å². The molecule has 0 aliphatic carbocycles. The molecule has 1 N–H and O–H groups in total. The van der Waals surface area contributed by atoms with E-state index < -0.39 is 5.97 Å². The Kier molecular flexibility index (Phi) is 7.34. The molecule has 0 saturated carbocycles. The number of hydrogen-bond donors (Lipinski definition) is 1. The average molecular weight is 244 g/mol. The Morgan fingerprint density at radius 2 is 1.65 bits per heavy atom. The zero-order chi connectivity index (χ0) is 13.4. The van der Waals surface area contributed by atoms with E-state index in [-0.39, 0.29) is 19.0 Å². The smallest absolute Gasteiger partial charge is 0.320 e. The van der Waals surface area contributed by atoms with Crippen LogP contribution in [0.5, 0.6) is 0 Å². The third-order valence-corrected chi connectivity index (χ3v) is 2.49. The minimum Gasteiger partial charge on any atom is -0.481 e. The molecule has 100 valence electrons. The molecule has 0 rings (SSSR count). The maximum absolute atomic E-state index is 12.1. The topological polar surface area (TPSA) is 60.9 Å². The van der Waals surface area contributed by atoms with Crippen LogP contribution < -0.4 is 0 Å². The Labute approximate surface area is 103 Å². The Bertz CT molecular complexity index is 254. The van der Waals surface area contributed by atoms with Crippen LogP contribution in [0.1, 0.15) is 34.1 Å². The van der Waals surface area contributed by atoms with Gasteiger partial charge in [0.15, 0.2) is 0 Å². The molecule has 0 unspecified atom stereocenters. The summed E-state index contributed by atoms with van der Waals surface area (Å²) in [7, 11) is 0. The van der Waals surface area contributed by atoms with E-state index in [1.165, 1.54) is 0 Å². The first-order chi connectivity index (χ1) is 7.92. The van der Waals surface area contributed by atoms with Crippen molar-refractivity contribution in [3.8, 4) is 0 Å². The lowest BCUT2D eigenvalue weighted by Crippen LogP contribution is -2.45. The summed E-state index contributed by atoms with van der Waals surface area (Å²) in [5, 5.41) is 8.63. The average Bonchev–Trinajstić information content (AvgIpc) is 2.25. The number of hydrogen-bond acceptors (Lipinski definition) is 2. The van der Waals surface area contributed by atoms with E-state index in [0.29, 0.717) is 25.6 Å². The summed E-state index contributed by atoms with van der Waals surface area (Å²) in [6.07, 6.45) is -0.00118. The monoisotopic (exact) mass is 244 g/mol. The second-order valence-electron chi connectivity index (χ2n) is 4.44. The van der Waals surface area contributed by atoms with Gasteiger partial charge in [-0.1, -0.05) is 13.8 Å². The number of carboxylic acids is 1. The summed E-state index contributed by atoms with van der Waals surface area (Å²) in [5.74, 6) is -0.458. The zero-order valence-electron chi connectivity index (χ0n) is 11.3. The zero-order valence-corrected chi connectivity index (χ0v) is 11.3. The Morgan fingerprint density at radius 1 is 1.12 bits per heavy atom. The van der Waals surface area contributed by atoms with Crippen LogP contribution in [-0.4, -0.2) is 53.1 Å². The number of carboxylic acid groups (broad SMARTS) is 1. The quantitative estimate of drug-likeness (QED) is 0.744. The lowest BCUT2D eigenvalue weighted by molar-refractivity contribution is -0.137. The van der Waals surface area contributed by atoms with Crippen molar-refractivity contribution < 1.29 is 14.7 Å². The van der Waals surface area contributed by atoms with Crippen molar-refractivity contribution in [1.82, 2.24) is 9.80 Å². The van der Waals surface area contributed by atoms with E-state index in [1.54, 1.807) is 9.80 Å². The highest BCUT2D eigenvalue weighted by Gasteiger charge is 2.19. The van der Waals surface area contributed by atoms with Crippen LogP contribution in [0.25, 0.3) is 0 Å². The number of rotatable bonds is 7. The summed E-state index contributed by atoms with van der Waals surface area (Å²) in [4.78, 5) is 26.0. The normalized spacial score (nSPS) is 10.4. The molecular formula is C12H24N2O3. The molecular weight excluding hydrogens is 220 g/mol. The van der Waals surface area contributed by atoms with Crippen LogP contribution in [0.15, 0.2) is 0 Å². The Balaban J connectivity index is 4.42. The molecule has 0 atom stereocenters. The van der Waals surface area contributed by atoms with Crippen molar-refractivity contribution in [1.29, 1.82) is 0 Å². The maximum atomic E-state index is 12.1. The van der Waals surface area contributed by atoms with Gasteiger partial charge >= 0.3 is 12.0 Å². The molecule has 17 heavy (non-hydrogen) atoms. The fourth-order valence-corrected chi connectivity index (χ4v) is 1.60. The molecule has 0 aromatic rings. The second-order valence-corrected chi connectivity index (χ2v) is 4.44. The SMILES string of the molecule is CCN(CCC(=O)O)C(=O)N(CC)CC(C)C. The Morgan fingerprint density at radius 3 is 2.00 bits per heavy atom. The van der Waals surface area contributed by atoms with Crippen molar-refractivity contribution in [2.75, 3.05) is 26.2 Å². The molecule has 0 spiro atoms. The van der Waals surface area contributed by atoms with E-state index in [9.17, 15) is 9.59 Å². The van der Waals surface area contributed by atoms with Crippen LogP contribution in [0.2, 0.25) is 0 Å². The van der Waals surface area contributed by atoms with E-state index in [1.807, 2.05) is 13.8 Å². The van der Waals surface area contributed by atoms with E-state index in [0.717, 1.165) is 0 Å². The second kappa shape index (κ2) is 7.92. The van der Waals surface area contributed by atoms with Crippen LogP contribution in [0.4, 0.5) is 4.79 Å². The molecule has 0 bridgehead atoms. The fraction of sp³-hybridized carbons (Fsp3) is 0.833. The highest BCUT2D eigenvalue weighted by atomic mass is 16.4. The van der Waals surface area contributed by atoms with E-state index in [4.69, 9.17) is 5.11 Å². The molecule has 5 heteroatoms. The summed E-state index contributed by atoms with van der Waals surface area (Å²) >= 11 is 0. The fourth-order valence-electron chi connectivity index (χ4n) is 1.60. The first-order valence-corrected chi connectivity index (χ1v) is 6.17. The van der Waals surface area contributed by atoms with Gasteiger partial charge in [-0.15, -0.1) is 0 Å². The summed E-state index contributed by atoms with van der Waals surface area (Å²) in [6.45, 7) is 10.1. The lowest BCUT2D eigenvalue weighted by atomic mass is 10.2. The Hall–Kier alpha value is -1.26. The minimum atomic E-state index is -0.872. The number of nitrogens with zero attached hydrogens (tertiary/aromatic N) is 2. The molecule has 0 aromatic carbocycles. The predicted octanol–water partition coefficient (Wildman–Crippen LogP) is 1.88. The number of carbonyl (C=O) groups is 2. The molecule has 5 nitrogen and oxygen atoms in total. The van der Waals surface area contributed by atoms with Gasteiger partial charge in [0.25, 0.3) is 0 Å². The number of urea groups is 1. The molecule has 0 fully saturated rings. The molecule has 0 radical (unpaired) electrons. The van der Waals surface area contributed by atoms with Gasteiger partial charge in [-0.3, -0.25) is 4.79 Å². The molecule has 0 heterocycles. The van der Waals surface area contributed by atoms with Crippen molar-refractivity contribution >= 4 is 12.0 Å². The van der Waals surface area contributed by atoms with Gasteiger partial charge in [0, 0.05) is 26.2 Å². The summed E-state index contributed by atoms with van der Waals surface area (Å²) < 4.78 is 0. The third kappa shape index (κ3) is 6.14. The van der Waals surface area contributed by atoms with Gasteiger partial charge in [0.1, 0.15) is 0 Å². The first kappa shape index (κ1) is 15.7. The minimum absolute atomic E-state index is 0.00118. The number of aliphatic carboxylic acids is 1. The van der Waals surface area contributed by atoms with Gasteiger partial charge in [0.05, 0.1) is 6.42 Å². The third-order valence-electron chi connectivity index (χ3n) is 2.49. The lowest BCUT2D eigenvalue weighted by Gasteiger charge is -2.30. The van der Waals surface area contributed by atoms with Crippen molar-refractivity contribution in [2.45, 2.75) is 34.1 Å². The molecule has 2 amide bonds. The van der Waals surface area contributed by atoms with Crippen LogP contribution in [0, 0.1) is 5.92 Å². The molecule has 0 aromatic heterocycles. The summed E-state index contributed by atoms with van der Waals surface area (Å²) in [5.41, 5.74) is 0.